The molecule has 30 heavy (non-hydrogen) atoms. The maximum Gasteiger partial charge on any atom is 0.416 e. The van der Waals surface area contributed by atoms with Crippen LogP contribution in [-0.4, -0.2) is 42.7 Å². The molecule has 0 bridgehead atoms. The number of halogens is 5. The van der Waals surface area contributed by atoms with Gasteiger partial charge in [-0.25, -0.2) is 8.78 Å². The summed E-state index contributed by atoms with van der Waals surface area (Å²) in [5.41, 5.74) is -0.579. The van der Waals surface area contributed by atoms with Crippen LogP contribution in [0.5, 0.6) is 0 Å². The molecule has 2 N–H and O–H groups in total. The summed E-state index contributed by atoms with van der Waals surface area (Å²) in [7, 11) is 0. The highest BCUT2D eigenvalue weighted by Gasteiger charge is 2.44. The Bertz CT molecular complexity index is 956. The molecule has 1 aromatic carbocycles. The van der Waals surface area contributed by atoms with Crippen LogP contribution in [0.4, 0.5) is 27.6 Å². The third-order valence-corrected chi connectivity index (χ3v) is 5.89. The molecular formula is C20H21F5N2O3. The van der Waals surface area contributed by atoms with Gasteiger partial charge in [0, 0.05) is 37.4 Å². The molecule has 2 aromatic rings. The second-order valence-electron chi connectivity index (χ2n) is 7.91. The van der Waals surface area contributed by atoms with Gasteiger partial charge in [0.05, 0.1) is 17.4 Å². The van der Waals surface area contributed by atoms with Crippen molar-refractivity contribution in [3.8, 4) is 0 Å². The highest BCUT2D eigenvalue weighted by atomic mass is 19.4. The Labute approximate surface area is 168 Å². The van der Waals surface area contributed by atoms with Gasteiger partial charge >= 0.3 is 6.18 Å². The monoisotopic (exact) mass is 432 g/mol. The molecule has 2 atom stereocenters. The number of anilines is 1. The Morgan fingerprint density at radius 2 is 2.07 bits per heavy atom. The summed E-state index contributed by atoms with van der Waals surface area (Å²) in [4.78, 5) is 14.0. The molecule has 5 nitrogen and oxygen atoms in total. The Hall–Kier alpha value is -2.36. The van der Waals surface area contributed by atoms with E-state index < -0.39 is 42.0 Å². The van der Waals surface area contributed by atoms with E-state index in [9.17, 15) is 31.9 Å². The second kappa shape index (κ2) is 7.40. The van der Waals surface area contributed by atoms with E-state index in [2.05, 4.69) is 5.32 Å². The van der Waals surface area contributed by atoms with Crippen LogP contribution in [0.2, 0.25) is 0 Å². The number of aliphatic hydroxyl groups excluding tert-OH is 1. The van der Waals surface area contributed by atoms with Crippen LogP contribution in [-0.2, 0) is 6.18 Å². The lowest BCUT2D eigenvalue weighted by molar-refractivity contribution is -0.137. The van der Waals surface area contributed by atoms with Crippen LogP contribution in [0.1, 0.15) is 41.8 Å². The molecule has 10 heteroatoms. The zero-order chi connectivity index (χ0) is 21.7. The third kappa shape index (κ3) is 3.84. The SMILES string of the molecule is O=C1NCCN(CCC2CC(O)CCC2(F)F)c2c1oc1ccc(C(F)(F)F)cc21. The lowest BCUT2D eigenvalue weighted by Gasteiger charge is -2.35. The number of furan rings is 1. The van der Waals surface area contributed by atoms with Crippen molar-refractivity contribution < 1.29 is 36.3 Å². The number of fused-ring (bicyclic) bond motifs is 3. The van der Waals surface area contributed by atoms with Gasteiger partial charge in [0.15, 0.2) is 0 Å². The highest BCUT2D eigenvalue weighted by Crippen LogP contribution is 2.42. The fourth-order valence-electron chi connectivity index (χ4n) is 4.27. The van der Waals surface area contributed by atoms with E-state index in [0.29, 0.717) is 0 Å². The number of hydrogen-bond acceptors (Lipinski definition) is 4. The fraction of sp³-hybridized carbons (Fsp3) is 0.550. The van der Waals surface area contributed by atoms with Gasteiger partial charge in [0.2, 0.25) is 5.76 Å². The van der Waals surface area contributed by atoms with E-state index >= 15 is 0 Å². The molecule has 164 valence electrons. The number of benzene rings is 1. The van der Waals surface area contributed by atoms with Crippen molar-refractivity contribution in [2.45, 2.75) is 43.9 Å². The number of rotatable bonds is 3. The van der Waals surface area contributed by atoms with Gasteiger partial charge in [0.25, 0.3) is 11.8 Å². The molecule has 0 radical (unpaired) electrons. The van der Waals surface area contributed by atoms with Gasteiger partial charge < -0.3 is 19.7 Å². The van der Waals surface area contributed by atoms with E-state index in [4.69, 9.17) is 4.42 Å². The minimum absolute atomic E-state index is 0.0311. The van der Waals surface area contributed by atoms with Crippen LogP contribution < -0.4 is 10.2 Å². The summed E-state index contributed by atoms with van der Waals surface area (Å²) in [6.45, 7) is 0.539. The number of carbonyl (C=O) groups excluding carboxylic acids is 1. The minimum Gasteiger partial charge on any atom is -0.449 e. The number of aliphatic hydroxyl groups is 1. The van der Waals surface area contributed by atoms with Crippen molar-refractivity contribution in [1.29, 1.82) is 0 Å². The Balaban J connectivity index is 1.68. The van der Waals surface area contributed by atoms with E-state index in [-0.39, 0.29) is 61.3 Å². The summed E-state index contributed by atoms with van der Waals surface area (Å²) >= 11 is 0. The van der Waals surface area contributed by atoms with Gasteiger partial charge in [-0.05, 0) is 37.5 Å². The van der Waals surface area contributed by atoms with E-state index in [1.807, 2.05) is 0 Å². The number of carbonyl (C=O) groups is 1. The molecule has 1 amide bonds. The van der Waals surface area contributed by atoms with Gasteiger partial charge in [-0.2, -0.15) is 13.2 Å². The number of hydrogen-bond donors (Lipinski definition) is 2. The number of nitrogens with one attached hydrogen (secondary N) is 1. The van der Waals surface area contributed by atoms with Crippen LogP contribution in [0.3, 0.4) is 0 Å². The molecule has 1 aliphatic heterocycles. The minimum atomic E-state index is -4.57. The standard InChI is InChI=1S/C20H21F5N2O3/c21-19(22)5-3-13(28)9-11(19)4-7-27-8-6-26-18(29)17-16(27)14-10-12(20(23,24)25)1-2-15(14)30-17/h1-2,10-11,13,28H,3-9H2,(H,26,29). The third-order valence-electron chi connectivity index (χ3n) is 5.89. The first-order chi connectivity index (χ1) is 14.1. The molecule has 1 fully saturated rings. The quantitative estimate of drug-likeness (QED) is 0.714. The Morgan fingerprint density at radius 1 is 1.30 bits per heavy atom. The van der Waals surface area contributed by atoms with Gasteiger partial charge in [-0.3, -0.25) is 4.79 Å². The van der Waals surface area contributed by atoms with Crippen LogP contribution in [0, 0.1) is 5.92 Å². The summed E-state index contributed by atoms with van der Waals surface area (Å²) in [6.07, 6.45) is -5.72. The molecule has 1 saturated carbocycles. The van der Waals surface area contributed by atoms with Crippen molar-refractivity contribution in [3.05, 3.63) is 29.5 Å². The number of amides is 1. The lowest BCUT2D eigenvalue weighted by atomic mass is 9.81. The Kier molecular flexibility index (Phi) is 5.16. The predicted molar refractivity (Wildman–Crippen MR) is 98.7 cm³/mol. The first-order valence-electron chi connectivity index (χ1n) is 9.79. The summed E-state index contributed by atoms with van der Waals surface area (Å²) in [5, 5.41) is 12.5. The molecule has 0 saturated heterocycles. The highest BCUT2D eigenvalue weighted by molar-refractivity contribution is 6.07. The van der Waals surface area contributed by atoms with Crippen molar-refractivity contribution in [2.75, 3.05) is 24.5 Å². The lowest BCUT2D eigenvalue weighted by Crippen LogP contribution is -2.40. The Morgan fingerprint density at radius 3 is 2.80 bits per heavy atom. The maximum atomic E-state index is 14.3. The zero-order valence-electron chi connectivity index (χ0n) is 15.9. The zero-order valence-corrected chi connectivity index (χ0v) is 15.9. The van der Waals surface area contributed by atoms with Gasteiger partial charge in [-0.15, -0.1) is 0 Å². The molecule has 2 aliphatic rings. The average molecular weight is 432 g/mol. The van der Waals surface area contributed by atoms with Crippen molar-refractivity contribution in [3.63, 3.8) is 0 Å². The second-order valence-corrected chi connectivity index (χ2v) is 7.91. The van der Waals surface area contributed by atoms with E-state index in [0.717, 1.165) is 18.2 Å². The summed E-state index contributed by atoms with van der Waals surface area (Å²) in [6, 6.07) is 2.95. The molecule has 2 unspecified atom stereocenters. The molecular weight excluding hydrogens is 411 g/mol. The molecule has 1 aliphatic carbocycles. The van der Waals surface area contributed by atoms with Crippen molar-refractivity contribution in [2.24, 2.45) is 5.92 Å². The molecule has 0 spiro atoms. The first-order valence-corrected chi connectivity index (χ1v) is 9.79. The average Bonchev–Trinajstić information content (AvgIpc) is 2.97. The molecule has 2 heterocycles. The maximum absolute atomic E-state index is 14.3. The topological polar surface area (TPSA) is 65.7 Å². The largest absolute Gasteiger partial charge is 0.449 e. The number of nitrogens with zero attached hydrogens (tertiary/aromatic N) is 1. The fourth-order valence-corrected chi connectivity index (χ4v) is 4.27. The smallest absolute Gasteiger partial charge is 0.416 e. The van der Waals surface area contributed by atoms with Crippen LogP contribution in [0.25, 0.3) is 11.0 Å². The van der Waals surface area contributed by atoms with Gasteiger partial charge in [0.1, 0.15) is 5.58 Å². The number of alkyl halides is 5. The van der Waals surface area contributed by atoms with E-state index in [1.165, 1.54) is 0 Å². The van der Waals surface area contributed by atoms with Crippen molar-refractivity contribution in [1.82, 2.24) is 5.32 Å². The molecule has 1 aromatic heterocycles. The predicted octanol–water partition coefficient (Wildman–Crippen LogP) is 4.19. The normalized spacial score (nSPS) is 24.5. The summed E-state index contributed by atoms with van der Waals surface area (Å²) < 4.78 is 73.6. The van der Waals surface area contributed by atoms with Gasteiger partial charge in [-0.1, -0.05) is 0 Å². The van der Waals surface area contributed by atoms with Crippen LogP contribution >= 0.6 is 0 Å². The van der Waals surface area contributed by atoms with Crippen LogP contribution in [0.15, 0.2) is 22.6 Å². The summed E-state index contributed by atoms with van der Waals surface area (Å²) in [5.74, 6) is -4.64. The van der Waals surface area contributed by atoms with E-state index in [1.54, 1.807) is 4.90 Å². The molecule has 4 rings (SSSR count). The first kappa shape index (κ1) is 20.9. The van der Waals surface area contributed by atoms with Crippen molar-refractivity contribution >= 4 is 22.6 Å².